The Morgan fingerprint density at radius 3 is 2.88 bits per heavy atom. The summed E-state index contributed by atoms with van der Waals surface area (Å²) < 4.78 is 0. The van der Waals surface area contributed by atoms with Gasteiger partial charge in [-0.2, -0.15) is 0 Å². The number of nitrogens with zero attached hydrogens (tertiary/aromatic N) is 1. The van der Waals surface area contributed by atoms with Crippen molar-refractivity contribution in [1.82, 2.24) is 10.6 Å². The van der Waals surface area contributed by atoms with E-state index >= 15 is 0 Å². The molecule has 25 heavy (non-hydrogen) atoms. The Balaban J connectivity index is 1.52. The summed E-state index contributed by atoms with van der Waals surface area (Å²) in [5.74, 6) is 0.983. The fourth-order valence-corrected chi connectivity index (χ4v) is 3.79. The Morgan fingerprint density at radius 2 is 2.16 bits per heavy atom. The summed E-state index contributed by atoms with van der Waals surface area (Å²) in [6, 6.07) is 7.94. The number of amides is 2. The SMILES string of the molecule is CC(NC(=O)CCC1CCNCC1)c1cccc(N2CCCC2=O)c1. The van der Waals surface area contributed by atoms with Crippen molar-refractivity contribution in [2.24, 2.45) is 5.92 Å². The molecule has 136 valence electrons. The van der Waals surface area contributed by atoms with Gasteiger partial charge in [-0.15, -0.1) is 0 Å². The zero-order valence-corrected chi connectivity index (χ0v) is 15.1. The van der Waals surface area contributed by atoms with Crippen LogP contribution in [-0.2, 0) is 9.59 Å². The van der Waals surface area contributed by atoms with Gasteiger partial charge in [0.1, 0.15) is 0 Å². The predicted octanol–water partition coefficient (Wildman–Crippen LogP) is 2.77. The normalized spacial score (nSPS) is 19.9. The van der Waals surface area contributed by atoms with E-state index in [1.54, 1.807) is 0 Å². The van der Waals surface area contributed by atoms with Crippen LogP contribution in [0.3, 0.4) is 0 Å². The van der Waals surface area contributed by atoms with E-state index < -0.39 is 0 Å². The van der Waals surface area contributed by atoms with Crippen molar-refractivity contribution in [2.45, 2.75) is 51.5 Å². The molecule has 2 aliphatic rings. The van der Waals surface area contributed by atoms with Crippen LogP contribution in [0.5, 0.6) is 0 Å². The van der Waals surface area contributed by atoms with Crippen LogP contribution < -0.4 is 15.5 Å². The number of hydrogen-bond acceptors (Lipinski definition) is 3. The van der Waals surface area contributed by atoms with Gasteiger partial charge in [0.15, 0.2) is 0 Å². The third-order valence-electron chi connectivity index (χ3n) is 5.37. The Hall–Kier alpha value is -1.88. The van der Waals surface area contributed by atoms with Gasteiger partial charge in [0.2, 0.25) is 11.8 Å². The van der Waals surface area contributed by atoms with Crippen LogP contribution >= 0.6 is 0 Å². The second-order valence-electron chi connectivity index (χ2n) is 7.27. The van der Waals surface area contributed by atoms with Crippen molar-refractivity contribution in [2.75, 3.05) is 24.5 Å². The molecule has 0 aromatic heterocycles. The molecule has 1 aromatic carbocycles. The van der Waals surface area contributed by atoms with Crippen molar-refractivity contribution < 1.29 is 9.59 Å². The first-order chi connectivity index (χ1) is 12.1. The van der Waals surface area contributed by atoms with E-state index in [-0.39, 0.29) is 17.9 Å². The van der Waals surface area contributed by atoms with Gasteiger partial charge >= 0.3 is 0 Å². The summed E-state index contributed by atoms with van der Waals surface area (Å²) >= 11 is 0. The van der Waals surface area contributed by atoms with Gasteiger partial charge in [-0.25, -0.2) is 0 Å². The fourth-order valence-electron chi connectivity index (χ4n) is 3.79. The zero-order chi connectivity index (χ0) is 17.6. The number of piperidine rings is 1. The van der Waals surface area contributed by atoms with Gasteiger partial charge in [0.25, 0.3) is 0 Å². The summed E-state index contributed by atoms with van der Waals surface area (Å²) in [4.78, 5) is 26.0. The average Bonchev–Trinajstić information content (AvgIpc) is 3.07. The van der Waals surface area contributed by atoms with Crippen LogP contribution in [-0.4, -0.2) is 31.4 Å². The maximum absolute atomic E-state index is 12.3. The number of nitrogens with one attached hydrogen (secondary N) is 2. The first-order valence-corrected chi connectivity index (χ1v) is 9.54. The molecule has 2 fully saturated rings. The largest absolute Gasteiger partial charge is 0.350 e. The highest BCUT2D eigenvalue weighted by Gasteiger charge is 2.22. The maximum Gasteiger partial charge on any atom is 0.227 e. The summed E-state index contributed by atoms with van der Waals surface area (Å²) in [5, 5.41) is 6.47. The topological polar surface area (TPSA) is 61.4 Å². The van der Waals surface area contributed by atoms with E-state index in [4.69, 9.17) is 0 Å². The Kier molecular flexibility index (Phi) is 6.08. The smallest absolute Gasteiger partial charge is 0.227 e. The first-order valence-electron chi connectivity index (χ1n) is 9.54. The Labute approximate surface area is 150 Å². The highest BCUT2D eigenvalue weighted by molar-refractivity contribution is 5.95. The van der Waals surface area contributed by atoms with E-state index in [9.17, 15) is 9.59 Å². The average molecular weight is 343 g/mol. The number of carbonyl (C=O) groups excluding carboxylic acids is 2. The van der Waals surface area contributed by atoms with Gasteiger partial charge in [0.05, 0.1) is 6.04 Å². The molecule has 3 rings (SSSR count). The van der Waals surface area contributed by atoms with Gasteiger partial charge in [0, 0.05) is 25.1 Å². The maximum atomic E-state index is 12.3. The molecule has 2 heterocycles. The molecule has 0 saturated carbocycles. The van der Waals surface area contributed by atoms with E-state index in [1.807, 2.05) is 36.1 Å². The molecule has 2 amide bonds. The lowest BCUT2D eigenvalue weighted by atomic mass is 9.93. The molecular formula is C20H29N3O2. The molecule has 0 bridgehead atoms. The van der Waals surface area contributed by atoms with Gasteiger partial charge in [-0.3, -0.25) is 9.59 Å². The summed E-state index contributed by atoms with van der Waals surface area (Å²) in [6.07, 6.45) is 5.48. The van der Waals surface area contributed by atoms with Crippen molar-refractivity contribution in [3.63, 3.8) is 0 Å². The van der Waals surface area contributed by atoms with Gasteiger partial charge < -0.3 is 15.5 Å². The van der Waals surface area contributed by atoms with Crippen molar-refractivity contribution in [3.05, 3.63) is 29.8 Å². The third kappa shape index (κ3) is 4.82. The second-order valence-corrected chi connectivity index (χ2v) is 7.27. The number of rotatable bonds is 6. The first kappa shape index (κ1) is 17.9. The minimum Gasteiger partial charge on any atom is -0.350 e. The molecule has 0 aliphatic carbocycles. The van der Waals surface area contributed by atoms with E-state index in [0.717, 1.165) is 43.7 Å². The monoisotopic (exact) mass is 343 g/mol. The Morgan fingerprint density at radius 1 is 1.36 bits per heavy atom. The van der Waals surface area contributed by atoms with E-state index in [1.165, 1.54) is 12.8 Å². The lowest BCUT2D eigenvalue weighted by Crippen LogP contribution is -2.30. The van der Waals surface area contributed by atoms with Crippen LogP contribution in [0, 0.1) is 5.92 Å². The molecule has 2 N–H and O–H groups in total. The highest BCUT2D eigenvalue weighted by atomic mass is 16.2. The molecule has 5 nitrogen and oxygen atoms in total. The van der Waals surface area contributed by atoms with Gasteiger partial charge in [-0.05, 0) is 69.3 Å². The number of anilines is 1. The zero-order valence-electron chi connectivity index (χ0n) is 15.1. The van der Waals surface area contributed by atoms with Crippen LogP contribution in [0.4, 0.5) is 5.69 Å². The second kappa shape index (κ2) is 8.48. The van der Waals surface area contributed by atoms with Crippen LogP contribution in [0.2, 0.25) is 0 Å². The summed E-state index contributed by atoms with van der Waals surface area (Å²) in [6.45, 7) is 4.95. The lowest BCUT2D eigenvalue weighted by molar-refractivity contribution is -0.122. The molecule has 2 saturated heterocycles. The molecular weight excluding hydrogens is 314 g/mol. The predicted molar refractivity (Wildman–Crippen MR) is 99.4 cm³/mol. The van der Waals surface area contributed by atoms with Gasteiger partial charge in [-0.1, -0.05) is 12.1 Å². The molecule has 0 radical (unpaired) electrons. The third-order valence-corrected chi connectivity index (χ3v) is 5.37. The standard InChI is InChI=1S/C20H29N3O2/c1-15(22-19(24)8-7-16-9-11-21-12-10-16)17-4-2-5-18(14-17)23-13-3-6-20(23)25/h2,4-5,14-16,21H,3,6-13H2,1H3,(H,22,24). The Bertz CT molecular complexity index is 611. The van der Waals surface area contributed by atoms with Crippen LogP contribution in [0.15, 0.2) is 24.3 Å². The fraction of sp³-hybridized carbons (Fsp3) is 0.600. The molecule has 5 heteroatoms. The van der Waals surface area contributed by atoms with E-state index in [0.29, 0.717) is 18.8 Å². The molecule has 2 aliphatic heterocycles. The quantitative estimate of drug-likeness (QED) is 0.835. The number of hydrogen-bond donors (Lipinski definition) is 2. The number of carbonyl (C=O) groups is 2. The van der Waals surface area contributed by atoms with E-state index in [2.05, 4.69) is 10.6 Å². The lowest BCUT2D eigenvalue weighted by Gasteiger charge is -2.23. The summed E-state index contributed by atoms with van der Waals surface area (Å²) in [5.41, 5.74) is 1.99. The number of benzene rings is 1. The molecule has 1 atom stereocenters. The minimum absolute atomic E-state index is 0.0434. The van der Waals surface area contributed by atoms with Crippen molar-refractivity contribution in [3.8, 4) is 0 Å². The van der Waals surface area contributed by atoms with Crippen LogP contribution in [0.25, 0.3) is 0 Å². The minimum atomic E-state index is -0.0434. The van der Waals surface area contributed by atoms with Crippen LogP contribution in [0.1, 0.15) is 57.1 Å². The summed E-state index contributed by atoms with van der Waals surface area (Å²) in [7, 11) is 0. The molecule has 0 spiro atoms. The molecule has 1 aromatic rings. The molecule has 1 unspecified atom stereocenters. The van der Waals surface area contributed by atoms with Crippen molar-refractivity contribution >= 4 is 17.5 Å². The van der Waals surface area contributed by atoms with Crippen molar-refractivity contribution in [1.29, 1.82) is 0 Å². The highest BCUT2D eigenvalue weighted by Crippen LogP contribution is 2.25.